The van der Waals surface area contributed by atoms with Gasteiger partial charge < -0.3 is 14.6 Å². The zero-order valence-electron chi connectivity index (χ0n) is 15.4. The summed E-state index contributed by atoms with van der Waals surface area (Å²) in [5.41, 5.74) is 0.929. The fourth-order valence-electron chi connectivity index (χ4n) is 3.30. The number of nitrogens with one attached hydrogen (secondary N) is 1. The normalized spacial score (nSPS) is 22.0. The van der Waals surface area contributed by atoms with Gasteiger partial charge in [0.2, 0.25) is 0 Å². The minimum Gasteiger partial charge on any atom is -0.373 e. The van der Waals surface area contributed by atoms with Gasteiger partial charge in [-0.25, -0.2) is 13.4 Å². The van der Waals surface area contributed by atoms with Crippen LogP contribution in [0.25, 0.3) is 0 Å². The van der Waals surface area contributed by atoms with Crippen molar-refractivity contribution >= 4 is 10.0 Å². The average Bonchev–Trinajstić information content (AvgIpc) is 3.12. The van der Waals surface area contributed by atoms with Crippen LogP contribution in [0, 0.1) is 0 Å². The van der Waals surface area contributed by atoms with E-state index in [2.05, 4.69) is 9.97 Å². The number of likely N-dealkylation sites (N-methyl/N-ethyl adjacent to an activating group) is 1. The predicted octanol–water partition coefficient (Wildman–Crippen LogP) is 1.66. The summed E-state index contributed by atoms with van der Waals surface area (Å²) in [6.07, 6.45) is 1.82. The van der Waals surface area contributed by atoms with Crippen molar-refractivity contribution in [1.29, 1.82) is 0 Å². The molecule has 0 saturated carbocycles. The lowest BCUT2D eigenvalue weighted by atomic mass is 9.99. The maximum atomic E-state index is 13.3. The highest BCUT2D eigenvalue weighted by Gasteiger charge is 2.41. The molecule has 1 fully saturated rings. The number of morpholine rings is 1. The van der Waals surface area contributed by atoms with Crippen molar-refractivity contribution in [3.8, 4) is 0 Å². The molecule has 142 valence electrons. The quantitative estimate of drug-likeness (QED) is 0.827. The number of benzene rings is 1. The van der Waals surface area contributed by atoms with E-state index in [0.717, 1.165) is 5.56 Å². The Balaban J connectivity index is 2.01. The van der Waals surface area contributed by atoms with Gasteiger partial charge >= 0.3 is 0 Å². The fraction of sp³-hybridized carbons (Fsp3) is 0.500. The zero-order chi connectivity index (χ0) is 18.7. The Morgan fingerprint density at radius 3 is 2.65 bits per heavy atom. The first-order valence-corrected chi connectivity index (χ1v) is 10.2. The minimum atomic E-state index is -3.70. The van der Waals surface area contributed by atoms with E-state index in [1.54, 1.807) is 4.31 Å². The summed E-state index contributed by atoms with van der Waals surface area (Å²) in [5, 5.41) is 0.140. The molecule has 1 aromatic carbocycles. The second-order valence-electron chi connectivity index (χ2n) is 6.69. The highest BCUT2D eigenvalue weighted by atomic mass is 32.2. The maximum Gasteiger partial charge on any atom is 0.260 e. The highest BCUT2D eigenvalue weighted by Crippen LogP contribution is 2.34. The van der Waals surface area contributed by atoms with Crippen molar-refractivity contribution in [2.24, 2.45) is 0 Å². The molecule has 0 radical (unpaired) electrons. The summed E-state index contributed by atoms with van der Waals surface area (Å²) in [7, 11) is 0.219. The zero-order valence-corrected chi connectivity index (χ0v) is 16.2. The minimum absolute atomic E-state index is 0.140. The van der Waals surface area contributed by atoms with Gasteiger partial charge in [-0.1, -0.05) is 37.3 Å². The van der Waals surface area contributed by atoms with Crippen LogP contribution in [0.1, 0.15) is 24.4 Å². The van der Waals surface area contributed by atoms with Gasteiger partial charge in [0.25, 0.3) is 10.0 Å². The van der Waals surface area contributed by atoms with Gasteiger partial charge in [-0.05, 0) is 19.7 Å². The topological polar surface area (TPSA) is 78.5 Å². The first-order chi connectivity index (χ1) is 12.4. The van der Waals surface area contributed by atoms with Crippen LogP contribution >= 0.6 is 0 Å². The van der Waals surface area contributed by atoms with E-state index in [9.17, 15) is 8.42 Å². The number of H-pyrrole nitrogens is 1. The van der Waals surface area contributed by atoms with E-state index in [4.69, 9.17) is 4.74 Å². The molecule has 2 heterocycles. The summed E-state index contributed by atoms with van der Waals surface area (Å²) in [4.78, 5) is 9.11. The molecule has 1 aliphatic rings. The second kappa shape index (κ2) is 7.87. The van der Waals surface area contributed by atoms with Crippen LogP contribution in [0.4, 0.5) is 0 Å². The summed E-state index contributed by atoms with van der Waals surface area (Å²) in [6.45, 7) is 3.25. The lowest BCUT2D eigenvalue weighted by Crippen LogP contribution is -2.51. The van der Waals surface area contributed by atoms with Gasteiger partial charge in [0.05, 0.1) is 24.9 Å². The van der Waals surface area contributed by atoms with Gasteiger partial charge in [-0.15, -0.1) is 0 Å². The van der Waals surface area contributed by atoms with Gasteiger partial charge in [-0.2, -0.15) is 4.31 Å². The lowest BCUT2D eigenvalue weighted by molar-refractivity contribution is -0.0515. The molecule has 26 heavy (non-hydrogen) atoms. The molecule has 1 aromatic heterocycles. The molecular formula is C18H26N4O3S. The largest absolute Gasteiger partial charge is 0.373 e. The molecule has 8 heteroatoms. The molecule has 2 unspecified atom stereocenters. The predicted molar refractivity (Wildman–Crippen MR) is 99.3 cm³/mol. The maximum absolute atomic E-state index is 13.3. The second-order valence-corrected chi connectivity index (χ2v) is 8.55. The monoisotopic (exact) mass is 378 g/mol. The number of aromatic nitrogens is 2. The number of sulfonamides is 1. The van der Waals surface area contributed by atoms with Crippen molar-refractivity contribution in [3.63, 3.8) is 0 Å². The van der Waals surface area contributed by atoms with Crippen LogP contribution in [0.15, 0.2) is 41.6 Å². The molecule has 0 aliphatic carbocycles. The van der Waals surface area contributed by atoms with E-state index in [1.807, 2.05) is 56.3 Å². The molecule has 0 amide bonds. The molecule has 0 bridgehead atoms. The summed E-state index contributed by atoms with van der Waals surface area (Å²) in [5.74, 6) is 0.665. The lowest BCUT2D eigenvalue weighted by Gasteiger charge is -2.41. The third-order valence-electron chi connectivity index (χ3n) is 4.52. The Hall–Kier alpha value is -1.74. The number of ether oxygens (including phenoxy) is 1. The third-order valence-corrected chi connectivity index (χ3v) is 6.31. The Labute approximate surface area is 155 Å². The Morgan fingerprint density at radius 1 is 1.31 bits per heavy atom. The Kier molecular flexibility index (Phi) is 5.76. The van der Waals surface area contributed by atoms with Crippen molar-refractivity contribution in [2.75, 3.05) is 33.8 Å². The molecule has 2 aromatic rings. The number of nitrogens with zero attached hydrogens (tertiary/aromatic N) is 3. The first-order valence-electron chi connectivity index (χ1n) is 8.80. The van der Waals surface area contributed by atoms with Crippen LogP contribution in [0.3, 0.4) is 0 Å². The number of rotatable bonds is 6. The first kappa shape index (κ1) is 19.0. The number of aromatic amines is 1. The molecule has 1 saturated heterocycles. The highest BCUT2D eigenvalue weighted by molar-refractivity contribution is 7.89. The van der Waals surface area contributed by atoms with Crippen LogP contribution < -0.4 is 0 Å². The van der Waals surface area contributed by atoms with E-state index < -0.39 is 10.0 Å². The number of hydrogen-bond donors (Lipinski definition) is 1. The van der Waals surface area contributed by atoms with Gasteiger partial charge in [0.15, 0.2) is 5.03 Å². The van der Waals surface area contributed by atoms with Crippen LogP contribution in [-0.4, -0.2) is 67.5 Å². The Bertz CT molecular complexity index is 820. The van der Waals surface area contributed by atoms with Gasteiger partial charge in [0, 0.05) is 19.5 Å². The third kappa shape index (κ3) is 3.83. The smallest absolute Gasteiger partial charge is 0.260 e. The summed E-state index contributed by atoms with van der Waals surface area (Å²) < 4.78 is 34.2. The molecule has 3 rings (SSSR count). The molecular weight excluding hydrogens is 352 g/mol. The summed E-state index contributed by atoms with van der Waals surface area (Å²) in [6, 6.07) is 9.30. The fourth-order valence-corrected chi connectivity index (χ4v) is 4.86. The molecule has 7 nitrogen and oxygen atoms in total. The number of imidazole rings is 1. The standard InChI is InChI=1S/C18H26N4O3S/c1-4-16-19-12-17(20-16)26(23,24)22-10-11-25-15(13-21(2)3)18(22)14-8-6-5-7-9-14/h5-9,12,15,18H,4,10-11,13H2,1-3H3,(H,19,20). The van der Waals surface area contributed by atoms with Crippen molar-refractivity contribution in [3.05, 3.63) is 47.9 Å². The molecule has 2 atom stereocenters. The van der Waals surface area contributed by atoms with Crippen molar-refractivity contribution in [1.82, 2.24) is 19.2 Å². The van der Waals surface area contributed by atoms with Crippen LogP contribution in [-0.2, 0) is 21.2 Å². The van der Waals surface area contributed by atoms with E-state index in [-0.39, 0.29) is 17.2 Å². The number of aryl methyl sites for hydroxylation is 1. The van der Waals surface area contributed by atoms with Gasteiger partial charge in [0.1, 0.15) is 5.82 Å². The SMILES string of the molecule is CCc1ncc(S(=O)(=O)N2CCOC(CN(C)C)C2c2ccccc2)[nH]1. The van der Waals surface area contributed by atoms with E-state index in [0.29, 0.717) is 31.9 Å². The molecule has 1 aliphatic heterocycles. The molecule has 0 spiro atoms. The van der Waals surface area contributed by atoms with Crippen molar-refractivity contribution < 1.29 is 13.2 Å². The number of hydrogen-bond acceptors (Lipinski definition) is 5. The van der Waals surface area contributed by atoms with Crippen LogP contribution in [0.2, 0.25) is 0 Å². The Morgan fingerprint density at radius 2 is 2.04 bits per heavy atom. The van der Waals surface area contributed by atoms with E-state index in [1.165, 1.54) is 6.20 Å². The molecule has 1 N–H and O–H groups in total. The summed E-state index contributed by atoms with van der Waals surface area (Å²) >= 11 is 0. The average molecular weight is 378 g/mol. The van der Waals surface area contributed by atoms with Crippen molar-refractivity contribution in [2.45, 2.75) is 30.5 Å². The van der Waals surface area contributed by atoms with Gasteiger partial charge in [-0.3, -0.25) is 0 Å². The van der Waals surface area contributed by atoms with E-state index >= 15 is 0 Å². The van der Waals surface area contributed by atoms with Crippen LogP contribution in [0.5, 0.6) is 0 Å².